The summed E-state index contributed by atoms with van der Waals surface area (Å²) in [4.78, 5) is 4.21. The van der Waals surface area contributed by atoms with Crippen LogP contribution in [0.15, 0.2) is 12.1 Å². The number of aromatic nitrogens is 1. The maximum atomic E-state index is 9.01. The third-order valence-corrected chi connectivity index (χ3v) is 2.14. The molecule has 1 aromatic heterocycles. The van der Waals surface area contributed by atoms with Crippen LogP contribution in [0.1, 0.15) is 11.4 Å². The first kappa shape index (κ1) is 13.1. The molecule has 0 fully saturated rings. The average Bonchev–Trinajstić information content (AvgIpc) is 2.24. The zero-order valence-electron chi connectivity index (χ0n) is 9.51. The van der Waals surface area contributed by atoms with Gasteiger partial charge in [-0.05, 0) is 13.0 Å². The number of rotatable bonds is 6. The summed E-state index contributed by atoms with van der Waals surface area (Å²) in [6, 6.07) is 3.36. The highest BCUT2D eigenvalue weighted by atomic mass is 16.5. The summed E-state index contributed by atoms with van der Waals surface area (Å²) in [6.45, 7) is 3.19. The van der Waals surface area contributed by atoms with Crippen molar-refractivity contribution in [3.8, 4) is 0 Å². The summed E-state index contributed by atoms with van der Waals surface area (Å²) in [5, 5.41) is 18.0. The van der Waals surface area contributed by atoms with E-state index in [0.717, 1.165) is 5.69 Å². The number of methoxy groups -OCH3 is 1. The molecule has 0 aromatic carbocycles. The van der Waals surface area contributed by atoms with Crippen LogP contribution in [0.5, 0.6) is 0 Å². The highest BCUT2D eigenvalue weighted by Gasteiger charge is 2.14. The molecule has 1 heterocycles. The van der Waals surface area contributed by atoms with Gasteiger partial charge in [0.25, 0.3) is 0 Å². The van der Waals surface area contributed by atoms with Crippen LogP contribution in [0.2, 0.25) is 0 Å². The van der Waals surface area contributed by atoms with Crippen molar-refractivity contribution >= 4 is 12.6 Å². The molecular weight excluding hydrogens is 209 g/mol. The molecular formula is C10H16BNO4. The van der Waals surface area contributed by atoms with Gasteiger partial charge in [-0.2, -0.15) is 0 Å². The summed E-state index contributed by atoms with van der Waals surface area (Å²) in [6.07, 6.45) is 0. The van der Waals surface area contributed by atoms with Gasteiger partial charge in [0.2, 0.25) is 0 Å². The molecule has 0 aliphatic carbocycles. The second-order valence-corrected chi connectivity index (χ2v) is 3.40. The first-order chi connectivity index (χ1) is 7.65. The van der Waals surface area contributed by atoms with E-state index in [4.69, 9.17) is 19.5 Å². The molecule has 0 bridgehead atoms. The molecule has 0 unspecified atom stereocenters. The van der Waals surface area contributed by atoms with Gasteiger partial charge in [-0.25, -0.2) is 0 Å². The zero-order valence-corrected chi connectivity index (χ0v) is 9.51. The lowest BCUT2D eigenvalue weighted by Crippen LogP contribution is -2.33. The SMILES string of the molecule is COCCOCc1ccc(B(O)O)c(C)n1. The minimum atomic E-state index is -1.48. The van der Waals surface area contributed by atoms with Gasteiger partial charge in [0.1, 0.15) is 0 Å². The van der Waals surface area contributed by atoms with E-state index < -0.39 is 7.12 Å². The van der Waals surface area contributed by atoms with E-state index in [0.29, 0.717) is 31.0 Å². The fraction of sp³-hybridized carbons (Fsp3) is 0.500. The van der Waals surface area contributed by atoms with Crippen molar-refractivity contribution in [3.05, 3.63) is 23.5 Å². The normalized spacial score (nSPS) is 10.5. The molecule has 1 rings (SSSR count). The first-order valence-corrected chi connectivity index (χ1v) is 5.04. The molecule has 0 saturated heterocycles. The summed E-state index contributed by atoms with van der Waals surface area (Å²) < 4.78 is 10.1. The number of pyridine rings is 1. The first-order valence-electron chi connectivity index (χ1n) is 5.04. The van der Waals surface area contributed by atoms with E-state index in [1.807, 2.05) is 0 Å². The fourth-order valence-corrected chi connectivity index (χ4v) is 1.30. The number of ether oxygens (including phenoxy) is 2. The van der Waals surface area contributed by atoms with Crippen molar-refractivity contribution in [2.24, 2.45) is 0 Å². The van der Waals surface area contributed by atoms with Crippen LogP contribution in [0.25, 0.3) is 0 Å². The monoisotopic (exact) mass is 225 g/mol. The smallest absolute Gasteiger partial charge is 0.423 e. The highest BCUT2D eigenvalue weighted by Crippen LogP contribution is 1.99. The Bertz CT molecular complexity index is 333. The zero-order chi connectivity index (χ0) is 12.0. The Labute approximate surface area is 95.2 Å². The molecule has 0 radical (unpaired) electrons. The van der Waals surface area contributed by atoms with Gasteiger partial charge in [-0.3, -0.25) is 4.98 Å². The topological polar surface area (TPSA) is 71.8 Å². The lowest BCUT2D eigenvalue weighted by molar-refractivity contribution is 0.0602. The lowest BCUT2D eigenvalue weighted by atomic mass is 9.79. The molecule has 2 N–H and O–H groups in total. The summed E-state index contributed by atoms with van der Waals surface area (Å²) in [5.41, 5.74) is 1.78. The minimum absolute atomic E-state index is 0.395. The van der Waals surface area contributed by atoms with E-state index in [1.165, 1.54) is 0 Å². The largest absolute Gasteiger partial charge is 0.490 e. The third-order valence-electron chi connectivity index (χ3n) is 2.14. The Morgan fingerprint density at radius 3 is 2.62 bits per heavy atom. The van der Waals surface area contributed by atoms with Crippen molar-refractivity contribution in [1.82, 2.24) is 4.98 Å². The summed E-state index contributed by atoms with van der Waals surface area (Å²) >= 11 is 0. The Hall–Kier alpha value is -0.945. The Morgan fingerprint density at radius 1 is 1.31 bits per heavy atom. The maximum Gasteiger partial charge on any atom is 0.490 e. The molecule has 0 aliphatic heterocycles. The molecule has 88 valence electrons. The molecule has 0 spiro atoms. The van der Waals surface area contributed by atoms with Crippen molar-refractivity contribution in [1.29, 1.82) is 0 Å². The van der Waals surface area contributed by atoms with Crippen LogP contribution in [-0.2, 0) is 16.1 Å². The number of aryl methyl sites for hydroxylation is 1. The van der Waals surface area contributed by atoms with Crippen LogP contribution < -0.4 is 5.46 Å². The van der Waals surface area contributed by atoms with Gasteiger partial charge in [0.05, 0.1) is 25.5 Å². The van der Waals surface area contributed by atoms with Gasteiger partial charge >= 0.3 is 7.12 Å². The molecule has 5 nitrogen and oxygen atoms in total. The highest BCUT2D eigenvalue weighted by molar-refractivity contribution is 6.59. The van der Waals surface area contributed by atoms with Crippen LogP contribution in [0, 0.1) is 6.92 Å². The number of nitrogens with zero attached hydrogens (tertiary/aromatic N) is 1. The standard InChI is InChI=1S/C10H16BNO4/c1-8-10(11(13)14)4-3-9(12-8)7-16-6-5-15-2/h3-4,13-14H,5-7H2,1-2H3. The van der Waals surface area contributed by atoms with E-state index in [-0.39, 0.29) is 0 Å². The Kier molecular flexibility index (Phi) is 5.41. The molecule has 0 saturated carbocycles. The predicted molar refractivity (Wildman–Crippen MR) is 60.3 cm³/mol. The van der Waals surface area contributed by atoms with Crippen molar-refractivity contribution < 1.29 is 19.5 Å². The van der Waals surface area contributed by atoms with Crippen LogP contribution in [-0.4, -0.2) is 42.5 Å². The van der Waals surface area contributed by atoms with Gasteiger partial charge < -0.3 is 19.5 Å². The average molecular weight is 225 g/mol. The van der Waals surface area contributed by atoms with Crippen LogP contribution >= 0.6 is 0 Å². The Morgan fingerprint density at radius 2 is 2.06 bits per heavy atom. The van der Waals surface area contributed by atoms with Crippen LogP contribution in [0.4, 0.5) is 0 Å². The molecule has 16 heavy (non-hydrogen) atoms. The van der Waals surface area contributed by atoms with Crippen molar-refractivity contribution in [3.63, 3.8) is 0 Å². The van der Waals surface area contributed by atoms with Gasteiger partial charge in [-0.1, -0.05) is 6.07 Å². The second-order valence-electron chi connectivity index (χ2n) is 3.40. The number of hydrogen-bond donors (Lipinski definition) is 2. The predicted octanol–water partition coefficient (Wildman–Crippen LogP) is -0.767. The molecule has 6 heteroatoms. The van der Waals surface area contributed by atoms with Crippen molar-refractivity contribution in [2.45, 2.75) is 13.5 Å². The fourth-order valence-electron chi connectivity index (χ4n) is 1.30. The van der Waals surface area contributed by atoms with Gasteiger partial charge in [0, 0.05) is 18.3 Å². The van der Waals surface area contributed by atoms with Gasteiger partial charge in [0.15, 0.2) is 0 Å². The molecule has 0 aliphatic rings. The lowest BCUT2D eigenvalue weighted by Gasteiger charge is -2.07. The van der Waals surface area contributed by atoms with Gasteiger partial charge in [-0.15, -0.1) is 0 Å². The summed E-state index contributed by atoms with van der Waals surface area (Å²) in [7, 11) is 0.138. The maximum absolute atomic E-state index is 9.01. The third kappa shape index (κ3) is 3.90. The van der Waals surface area contributed by atoms with Crippen LogP contribution in [0.3, 0.4) is 0 Å². The van der Waals surface area contributed by atoms with E-state index in [1.54, 1.807) is 26.2 Å². The van der Waals surface area contributed by atoms with E-state index in [9.17, 15) is 0 Å². The molecule has 0 atom stereocenters. The summed E-state index contributed by atoms with van der Waals surface area (Å²) in [5.74, 6) is 0. The number of hydrogen-bond acceptors (Lipinski definition) is 5. The molecule has 1 aromatic rings. The quantitative estimate of drug-likeness (QED) is 0.491. The van der Waals surface area contributed by atoms with E-state index >= 15 is 0 Å². The van der Waals surface area contributed by atoms with Crippen molar-refractivity contribution in [2.75, 3.05) is 20.3 Å². The second kappa shape index (κ2) is 6.60. The van der Waals surface area contributed by atoms with E-state index in [2.05, 4.69) is 4.98 Å². The molecule has 0 amide bonds. The Balaban J connectivity index is 2.53. The minimum Gasteiger partial charge on any atom is -0.423 e.